The fraction of sp³-hybridized carbons (Fsp3) is 0.143. The van der Waals surface area contributed by atoms with Gasteiger partial charge in [-0.1, -0.05) is 49.5 Å². The molecule has 2 aromatic rings. The van der Waals surface area contributed by atoms with E-state index in [9.17, 15) is 4.39 Å². The molecule has 0 saturated heterocycles. The maximum atomic E-state index is 13.8. The van der Waals surface area contributed by atoms with E-state index in [0.29, 0.717) is 16.3 Å². The molecule has 1 nitrogen and oxygen atoms in total. The zero-order valence-corrected chi connectivity index (χ0v) is 13.9. The Labute approximate surface area is 133 Å². The van der Waals surface area contributed by atoms with Crippen LogP contribution in [0.5, 0.6) is 5.75 Å². The lowest BCUT2D eigenvalue weighted by molar-refractivity contribution is 0.415. The van der Waals surface area contributed by atoms with E-state index in [4.69, 9.17) is 16.3 Å². The SMILES string of the molecule is COc1ccc(C(Br)c2cc(Br)ccc2F)cc1Cl. The Kier molecular flexibility index (Phi) is 4.87. The number of hydrogen-bond acceptors (Lipinski definition) is 1. The average Bonchev–Trinajstić information content (AvgIpc) is 2.40. The van der Waals surface area contributed by atoms with E-state index in [1.54, 1.807) is 31.4 Å². The van der Waals surface area contributed by atoms with Gasteiger partial charge in [0.2, 0.25) is 0 Å². The normalized spacial score (nSPS) is 12.3. The van der Waals surface area contributed by atoms with E-state index in [1.165, 1.54) is 6.07 Å². The van der Waals surface area contributed by atoms with Gasteiger partial charge in [-0.05, 0) is 35.9 Å². The highest BCUT2D eigenvalue weighted by molar-refractivity contribution is 9.10. The highest BCUT2D eigenvalue weighted by Crippen LogP contribution is 2.37. The van der Waals surface area contributed by atoms with Crippen molar-refractivity contribution in [2.24, 2.45) is 0 Å². The standard InChI is InChI=1S/C14H10Br2ClFO/c1-19-13-5-2-8(6-11(13)17)14(16)10-7-9(15)3-4-12(10)18/h2-7,14H,1H3. The lowest BCUT2D eigenvalue weighted by Gasteiger charge is -2.13. The number of ether oxygens (including phenoxy) is 1. The predicted molar refractivity (Wildman–Crippen MR) is 82.9 cm³/mol. The number of hydrogen-bond donors (Lipinski definition) is 0. The summed E-state index contributed by atoms with van der Waals surface area (Å²) in [6.45, 7) is 0. The number of methoxy groups -OCH3 is 1. The van der Waals surface area contributed by atoms with Crippen molar-refractivity contribution in [2.45, 2.75) is 4.83 Å². The summed E-state index contributed by atoms with van der Waals surface area (Å²) in [4.78, 5) is -0.270. The first-order valence-corrected chi connectivity index (χ1v) is 7.54. The summed E-state index contributed by atoms with van der Waals surface area (Å²) in [6, 6.07) is 10.2. The Bertz CT molecular complexity index is 604. The summed E-state index contributed by atoms with van der Waals surface area (Å²) in [7, 11) is 1.56. The van der Waals surface area contributed by atoms with Gasteiger partial charge in [-0.25, -0.2) is 4.39 Å². The summed E-state index contributed by atoms with van der Waals surface area (Å²) in [5.41, 5.74) is 1.42. The first-order valence-electron chi connectivity index (χ1n) is 5.45. The second-order valence-electron chi connectivity index (χ2n) is 3.92. The number of rotatable bonds is 3. The van der Waals surface area contributed by atoms with Gasteiger partial charge in [0, 0.05) is 10.0 Å². The molecule has 2 rings (SSSR count). The Hall–Kier alpha value is -0.580. The topological polar surface area (TPSA) is 9.23 Å². The van der Waals surface area contributed by atoms with Crippen molar-refractivity contribution < 1.29 is 9.13 Å². The molecule has 1 unspecified atom stereocenters. The van der Waals surface area contributed by atoms with Crippen molar-refractivity contribution in [3.8, 4) is 5.75 Å². The molecule has 0 aliphatic heterocycles. The third-order valence-corrected chi connectivity index (χ3v) is 4.51. The number of benzene rings is 2. The lowest BCUT2D eigenvalue weighted by atomic mass is 10.0. The van der Waals surface area contributed by atoms with Gasteiger partial charge in [-0.2, -0.15) is 0 Å². The summed E-state index contributed by atoms with van der Waals surface area (Å²) < 4.78 is 19.8. The quantitative estimate of drug-likeness (QED) is 0.589. The molecular weight excluding hydrogens is 398 g/mol. The second-order valence-corrected chi connectivity index (χ2v) is 6.16. The molecule has 0 fully saturated rings. The van der Waals surface area contributed by atoms with Crippen molar-refractivity contribution in [3.63, 3.8) is 0 Å². The van der Waals surface area contributed by atoms with Crippen LogP contribution in [0.15, 0.2) is 40.9 Å². The largest absolute Gasteiger partial charge is 0.495 e. The van der Waals surface area contributed by atoms with Crippen molar-refractivity contribution in [2.75, 3.05) is 7.11 Å². The van der Waals surface area contributed by atoms with Crippen molar-refractivity contribution in [1.29, 1.82) is 0 Å². The molecule has 0 heterocycles. The van der Waals surface area contributed by atoms with Crippen molar-refractivity contribution in [3.05, 3.63) is 62.8 Å². The molecule has 0 spiro atoms. The molecule has 0 bridgehead atoms. The third-order valence-electron chi connectivity index (χ3n) is 2.70. The molecule has 0 aliphatic rings. The van der Waals surface area contributed by atoms with Crippen molar-refractivity contribution >= 4 is 43.5 Å². The first-order chi connectivity index (χ1) is 9.02. The zero-order valence-electron chi connectivity index (χ0n) is 9.96. The molecule has 1 atom stereocenters. The Morgan fingerprint density at radius 3 is 2.58 bits per heavy atom. The van der Waals surface area contributed by atoms with Crippen LogP contribution in [0.2, 0.25) is 5.02 Å². The third kappa shape index (κ3) is 3.30. The van der Waals surface area contributed by atoms with Crippen LogP contribution < -0.4 is 4.74 Å². The van der Waals surface area contributed by atoms with E-state index in [-0.39, 0.29) is 10.6 Å². The van der Waals surface area contributed by atoms with Gasteiger partial charge in [0.05, 0.1) is 17.0 Å². The van der Waals surface area contributed by atoms with E-state index in [2.05, 4.69) is 31.9 Å². The van der Waals surface area contributed by atoms with Crippen LogP contribution in [-0.2, 0) is 0 Å². The van der Waals surface area contributed by atoms with E-state index in [0.717, 1.165) is 10.0 Å². The maximum absolute atomic E-state index is 13.8. The van der Waals surface area contributed by atoms with Gasteiger partial charge < -0.3 is 4.74 Å². The van der Waals surface area contributed by atoms with Gasteiger partial charge in [-0.15, -0.1) is 0 Å². The molecule has 5 heteroatoms. The molecule has 100 valence electrons. The van der Waals surface area contributed by atoms with E-state index >= 15 is 0 Å². The Morgan fingerprint density at radius 1 is 1.21 bits per heavy atom. The van der Waals surface area contributed by atoms with Crippen LogP contribution in [0, 0.1) is 5.82 Å². The molecule has 0 aliphatic carbocycles. The van der Waals surface area contributed by atoms with E-state index < -0.39 is 0 Å². The molecule has 19 heavy (non-hydrogen) atoms. The molecule has 0 N–H and O–H groups in total. The Balaban J connectivity index is 2.41. The first kappa shape index (κ1) is 14.8. The van der Waals surface area contributed by atoms with Crippen LogP contribution in [0.4, 0.5) is 4.39 Å². The van der Waals surface area contributed by atoms with Crippen LogP contribution >= 0.6 is 43.5 Å². The van der Waals surface area contributed by atoms with Crippen LogP contribution in [-0.4, -0.2) is 7.11 Å². The smallest absolute Gasteiger partial charge is 0.137 e. The monoisotopic (exact) mass is 406 g/mol. The fourth-order valence-corrected chi connectivity index (χ4v) is 3.01. The number of alkyl halides is 1. The highest BCUT2D eigenvalue weighted by atomic mass is 79.9. The predicted octanol–water partition coefficient (Wildman–Crippen LogP) is 5.73. The van der Waals surface area contributed by atoms with Crippen molar-refractivity contribution in [1.82, 2.24) is 0 Å². The average molecular weight is 408 g/mol. The summed E-state index contributed by atoms with van der Waals surface area (Å²) in [5, 5.41) is 0.500. The van der Waals surface area contributed by atoms with Gasteiger partial charge in [0.25, 0.3) is 0 Å². The maximum Gasteiger partial charge on any atom is 0.137 e. The van der Waals surface area contributed by atoms with Gasteiger partial charge in [0.1, 0.15) is 11.6 Å². The highest BCUT2D eigenvalue weighted by Gasteiger charge is 2.16. The minimum Gasteiger partial charge on any atom is -0.495 e. The number of halogens is 4. The van der Waals surface area contributed by atoms with Gasteiger partial charge in [0.15, 0.2) is 0 Å². The zero-order chi connectivity index (χ0) is 14.0. The summed E-state index contributed by atoms with van der Waals surface area (Å²) >= 11 is 12.9. The summed E-state index contributed by atoms with van der Waals surface area (Å²) in [5.74, 6) is 0.330. The van der Waals surface area contributed by atoms with E-state index in [1.807, 2.05) is 6.07 Å². The van der Waals surface area contributed by atoms with Crippen LogP contribution in [0.1, 0.15) is 16.0 Å². The second kappa shape index (κ2) is 6.25. The minimum atomic E-state index is -0.270. The fourth-order valence-electron chi connectivity index (χ4n) is 1.73. The van der Waals surface area contributed by atoms with Crippen LogP contribution in [0.25, 0.3) is 0 Å². The molecular formula is C14H10Br2ClFO. The van der Waals surface area contributed by atoms with Crippen LogP contribution in [0.3, 0.4) is 0 Å². The Morgan fingerprint density at radius 2 is 1.95 bits per heavy atom. The molecule has 0 amide bonds. The van der Waals surface area contributed by atoms with Gasteiger partial charge in [-0.3, -0.25) is 0 Å². The summed E-state index contributed by atoms with van der Waals surface area (Å²) in [6.07, 6.45) is 0. The molecule has 0 radical (unpaired) electrons. The lowest BCUT2D eigenvalue weighted by Crippen LogP contribution is -1.97. The van der Waals surface area contributed by atoms with Gasteiger partial charge >= 0.3 is 0 Å². The minimum absolute atomic E-state index is 0.267. The molecule has 0 saturated carbocycles. The molecule has 2 aromatic carbocycles. The molecule has 0 aromatic heterocycles.